The van der Waals surface area contributed by atoms with Gasteiger partial charge in [0.25, 0.3) is 0 Å². The van der Waals surface area contributed by atoms with Crippen LogP contribution in [0.15, 0.2) is 6.20 Å². The molecule has 1 saturated carbocycles. The molecule has 1 aromatic heterocycles. The van der Waals surface area contributed by atoms with Gasteiger partial charge < -0.3 is 10.4 Å². The highest BCUT2D eigenvalue weighted by Crippen LogP contribution is 2.31. The van der Waals surface area contributed by atoms with Crippen molar-refractivity contribution in [1.29, 1.82) is 0 Å². The van der Waals surface area contributed by atoms with E-state index in [9.17, 15) is 0 Å². The Kier molecular flexibility index (Phi) is 3.66. The van der Waals surface area contributed by atoms with Gasteiger partial charge in [-0.15, -0.1) is 0 Å². The average Bonchev–Trinajstić information content (AvgIpc) is 3.01. The van der Waals surface area contributed by atoms with E-state index in [2.05, 4.69) is 10.4 Å². The second-order valence-electron chi connectivity index (χ2n) is 5.59. The van der Waals surface area contributed by atoms with E-state index in [-0.39, 0.29) is 6.61 Å². The lowest BCUT2D eigenvalue weighted by atomic mass is 9.92. The van der Waals surface area contributed by atoms with Crippen LogP contribution in [0.3, 0.4) is 0 Å². The summed E-state index contributed by atoms with van der Waals surface area (Å²) in [4.78, 5) is 0. The molecule has 1 fully saturated rings. The largest absolute Gasteiger partial charge is 0.394 e. The van der Waals surface area contributed by atoms with Crippen LogP contribution in [-0.2, 0) is 13.0 Å². The Morgan fingerprint density at radius 3 is 2.89 bits per heavy atom. The molecular formula is C14H23N3O. The van der Waals surface area contributed by atoms with Crippen molar-refractivity contribution in [3.63, 3.8) is 0 Å². The van der Waals surface area contributed by atoms with Crippen molar-refractivity contribution >= 4 is 0 Å². The van der Waals surface area contributed by atoms with E-state index in [1.165, 1.54) is 49.8 Å². The topological polar surface area (TPSA) is 50.1 Å². The smallest absolute Gasteiger partial charge is 0.0644 e. The lowest BCUT2D eigenvalue weighted by Gasteiger charge is -2.27. The van der Waals surface area contributed by atoms with Gasteiger partial charge in [0.2, 0.25) is 0 Å². The summed E-state index contributed by atoms with van der Waals surface area (Å²) in [5.74, 6) is 0. The number of hydrogen-bond acceptors (Lipinski definition) is 3. The van der Waals surface area contributed by atoms with E-state index >= 15 is 0 Å². The Morgan fingerprint density at radius 2 is 2.11 bits per heavy atom. The van der Waals surface area contributed by atoms with E-state index in [1.54, 1.807) is 0 Å². The van der Waals surface area contributed by atoms with Crippen molar-refractivity contribution < 1.29 is 5.11 Å². The molecule has 3 rings (SSSR count). The van der Waals surface area contributed by atoms with Crippen LogP contribution in [0.4, 0.5) is 0 Å². The number of hydrogen-bond donors (Lipinski definition) is 2. The summed E-state index contributed by atoms with van der Waals surface area (Å²) >= 11 is 0. The fourth-order valence-corrected chi connectivity index (χ4v) is 3.46. The molecule has 0 amide bonds. The van der Waals surface area contributed by atoms with E-state index in [4.69, 9.17) is 5.11 Å². The van der Waals surface area contributed by atoms with Gasteiger partial charge in [0.1, 0.15) is 0 Å². The van der Waals surface area contributed by atoms with Crippen LogP contribution < -0.4 is 5.32 Å². The molecule has 4 nitrogen and oxygen atoms in total. The summed E-state index contributed by atoms with van der Waals surface area (Å²) in [5, 5.41) is 17.3. The van der Waals surface area contributed by atoms with Crippen LogP contribution >= 0.6 is 0 Å². The van der Waals surface area contributed by atoms with Crippen molar-refractivity contribution in [1.82, 2.24) is 15.1 Å². The number of nitrogens with one attached hydrogen (secondary N) is 1. The Bertz CT molecular complexity index is 396. The highest BCUT2D eigenvalue weighted by molar-refractivity contribution is 5.25. The van der Waals surface area contributed by atoms with E-state index in [1.807, 2.05) is 10.9 Å². The van der Waals surface area contributed by atoms with Gasteiger partial charge in [0, 0.05) is 23.3 Å². The monoisotopic (exact) mass is 249 g/mol. The molecule has 1 unspecified atom stereocenters. The highest BCUT2D eigenvalue weighted by atomic mass is 16.3. The summed E-state index contributed by atoms with van der Waals surface area (Å²) in [6.45, 7) is 0.806. The van der Waals surface area contributed by atoms with Gasteiger partial charge >= 0.3 is 0 Å². The number of aliphatic hydroxyl groups is 1. The van der Waals surface area contributed by atoms with Crippen molar-refractivity contribution in [2.75, 3.05) is 6.61 Å². The van der Waals surface area contributed by atoms with Gasteiger partial charge in [0.15, 0.2) is 0 Å². The number of aliphatic hydroxyl groups excluding tert-OH is 1. The van der Waals surface area contributed by atoms with E-state index < -0.39 is 0 Å². The number of rotatable bonds is 4. The Balaban J connectivity index is 1.74. The lowest BCUT2D eigenvalue weighted by Crippen LogP contribution is -2.32. The summed E-state index contributed by atoms with van der Waals surface area (Å²) in [5.41, 5.74) is 2.72. The first kappa shape index (κ1) is 12.2. The fraction of sp³-hybridized carbons (Fsp3) is 0.786. The zero-order valence-electron chi connectivity index (χ0n) is 10.9. The summed E-state index contributed by atoms with van der Waals surface area (Å²) in [6, 6.07) is 1.20. The van der Waals surface area contributed by atoms with E-state index in [0.29, 0.717) is 18.6 Å². The quantitative estimate of drug-likeness (QED) is 0.855. The van der Waals surface area contributed by atoms with Gasteiger partial charge in [-0.3, -0.25) is 4.68 Å². The molecule has 0 aromatic carbocycles. The van der Waals surface area contributed by atoms with Crippen LogP contribution in [0.1, 0.15) is 55.8 Å². The van der Waals surface area contributed by atoms with Crippen LogP contribution in [0.2, 0.25) is 0 Å². The van der Waals surface area contributed by atoms with Crippen LogP contribution in [-0.4, -0.2) is 27.5 Å². The molecule has 18 heavy (non-hydrogen) atoms. The minimum atomic E-state index is 0.175. The van der Waals surface area contributed by atoms with Crippen LogP contribution in [0, 0.1) is 0 Å². The third-order valence-electron chi connectivity index (χ3n) is 4.37. The first-order valence-electron chi connectivity index (χ1n) is 7.30. The molecule has 0 aliphatic heterocycles. The molecule has 1 aromatic rings. The maximum absolute atomic E-state index is 9.06. The summed E-state index contributed by atoms with van der Waals surface area (Å²) in [7, 11) is 0. The molecule has 1 heterocycles. The summed E-state index contributed by atoms with van der Waals surface area (Å²) < 4.78 is 1.98. The maximum Gasteiger partial charge on any atom is 0.0644 e. The standard InChI is InChI=1S/C14H23N3O/c18-9-8-17-14-7-3-6-13(12(14)10-15-17)16-11-4-1-2-5-11/h10-11,13,16,18H,1-9H2. The van der Waals surface area contributed by atoms with Crippen molar-refractivity contribution in [3.05, 3.63) is 17.5 Å². The fourth-order valence-electron chi connectivity index (χ4n) is 3.46. The molecular weight excluding hydrogens is 226 g/mol. The first-order valence-corrected chi connectivity index (χ1v) is 7.30. The molecule has 0 bridgehead atoms. The van der Waals surface area contributed by atoms with Gasteiger partial charge in [-0.2, -0.15) is 5.10 Å². The predicted octanol–water partition coefficient (Wildman–Crippen LogP) is 1.78. The zero-order chi connectivity index (χ0) is 12.4. The Morgan fingerprint density at radius 1 is 1.28 bits per heavy atom. The molecule has 100 valence electrons. The average molecular weight is 249 g/mol. The summed E-state index contributed by atoms with van der Waals surface area (Å²) in [6.07, 6.45) is 11.0. The van der Waals surface area contributed by atoms with Crippen molar-refractivity contribution in [2.45, 2.75) is 63.6 Å². The maximum atomic E-state index is 9.06. The Hall–Kier alpha value is -0.870. The minimum absolute atomic E-state index is 0.175. The predicted molar refractivity (Wildman–Crippen MR) is 70.4 cm³/mol. The SMILES string of the molecule is OCCn1ncc2c1CCCC2NC1CCCC1. The number of fused-ring (bicyclic) bond motifs is 1. The van der Waals surface area contributed by atoms with E-state index in [0.717, 1.165) is 6.42 Å². The Labute approximate surface area is 108 Å². The molecule has 2 aliphatic rings. The second-order valence-corrected chi connectivity index (χ2v) is 5.59. The normalized spacial score (nSPS) is 24.4. The molecule has 2 N–H and O–H groups in total. The molecule has 2 aliphatic carbocycles. The van der Waals surface area contributed by atoms with Gasteiger partial charge in [-0.1, -0.05) is 12.8 Å². The van der Waals surface area contributed by atoms with Gasteiger partial charge in [-0.25, -0.2) is 0 Å². The minimum Gasteiger partial charge on any atom is -0.394 e. The van der Waals surface area contributed by atoms with Crippen molar-refractivity contribution in [2.24, 2.45) is 0 Å². The van der Waals surface area contributed by atoms with Gasteiger partial charge in [-0.05, 0) is 32.1 Å². The zero-order valence-corrected chi connectivity index (χ0v) is 10.9. The van der Waals surface area contributed by atoms with Crippen molar-refractivity contribution in [3.8, 4) is 0 Å². The number of nitrogens with zero attached hydrogens (tertiary/aromatic N) is 2. The molecule has 0 spiro atoms. The molecule has 4 heteroatoms. The van der Waals surface area contributed by atoms with Crippen LogP contribution in [0.5, 0.6) is 0 Å². The third kappa shape index (κ3) is 2.31. The number of aromatic nitrogens is 2. The molecule has 0 radical (unpaired) electrons. The first-order chi connectivity index (χ1) is 8.88. The lowest BCUT2D eigenvalue weighted by molar-refractivity contribution is 0.266. The van der Waals surface area contributed by atoms with Gasteiger partial charge in [0.05, 0.1) is 19.3 Å². The third-order valence-corrected chi connectivity index (χ3v) is 4.37. The van der Waals surface area contributed by atoms with Crippen LogP contribution in [0.25, 0.3) is 0 Å². The molecule has 0 saturated heterocycles. The molecule has 1 atom stereocenters. The second kappa shape index (κ2) is 5.41. The highest BCUT2D eigenvalue weighted by Gasteiger charge is 2.26.